The molecule has 0 unspecified atom stereocenters. The molecule has 0 spiro atoms. The highest BCUT2D eigenvalue weighted by Crippen LogP contribution is 2.27. The Morgan fingerprint density at radius 1 is 1.48 bits per heavy atom. The Morgan fingerprint density at radius 2 is 2.26 bits per heavy atom. The molecular formula is C16H22N4O2S. The van der Waals surface area contributed by atoms with Crippen molar-refractivity contribution in [2.45, 2.75) is 62.5 Å². The van der Waals surface area contributed by atoms with E-state index in [1.165, 1.54) is 24.6 Å². The lowest BCUT2D eigenvalue weighted by atomic mass is 10.2. The number of rotatable bonds is 6. The third kappa shape index (κ3) is 3.60. The van der Waals surface area contributed by atoms with E-state index < -0.39 is 0 Å². The lowest BCUT2D eigenvalue weighted by molar-refractivity contribution is -0.120. The first-order valence-electron chi connectivity index (χ1n) is 8.13. The van der Waals surface area contributed by atoms with E-state index in [9.17, 15) is 4.79 Å². The van der Waals surface area contributed by atoms with Crippen LogP contribution < -0.4 is 5.32 Å². The quantitative estimate of drug-likeness (QED) is 0.822. The first-order valence-corrected chi connectivity index (χ1v) is 9.01. The number of hydrogen-bond acceptors (Lipinski definition) is 5. The van der Waals surface area contributed by atoms with E-state index in [2.05, 4.69) is 15.5 Å². The summed E-state index contributed by atoms with van der Waals surface area (Å²) >= 11 is 1.44. The van der Waals surface area contributed by atoms with Crippen molar-refractivity contribution in [3.63, 3.8) is 0 Å². The Morgan fingerprint density at radius 3 is 2.91 bits per heavy atom. The van der Waals surface area contributed by atoms with Gasteiger partial charge in [-0.2, -0.15) is 0 Å². The van der Waals surface area contributed by atoms with Crippen LogP contribution in [0.3, 0.4) is 0 Å². The first-order chi connectivity index (χ1) is 11.2. The topological polar surface area (TPSA) is 73.0 Å². The number of nitrogens with one attached hydrogen (secondary N) is 1. The monoisotopic (exact) mass is 334 g/mol. The molecule has 0 bridgehead atoms. The van der Waals surface area contributed by atoms with Crippen LogP contribution in [0.2, 0.25) is 0 Å². The summed E-state index contributed by atoms with van der Waals surface area (Å²) in [5, 5.41) is 12.1. The van der Waals surface area contributed by atoms with Crippen LogP contribution in [0, 0.1) is 0 Å². The summed E-state index contributed by atoms with van der Waals surface area (Å²) in [6.07, 6.45) is 6.23. The Labute approximate surface area is 140 Å². The van der Waals surface area contributed by atoms with Gasteiger partial charge in [-0.15, -0.1) is 10.2 Å². The highest BCUT2D eigenvalue weighted by Gasteiger charge is 2.24. The molecule has 7 heteroatoms. The van der Waals surface area contributed by atoms with Crippen LogP contribution in [0.1, 0.15) is 39.5 Å². The average Bonchev–Trinajstić information content (AvgIpc) is 3.28. The molecule has 1 atom stereocenters. The molecule has 23 heavy (non-hydrogen) atoms. The Balaban J connectivity index is 1.68. The largest absolute Gasteiger partial charge is 0.461 e. The molecule has 2 aromatic heterocycles. The summed E-state index contributed by atoms with van der Waals surface area (Å²) in [6.45, 7) is 4.67. The lowest BCUT2D eigenvalue weighted by Crippen LogP contribution is -2.37. The molecule has 1 fully saturated rings. The van der Waals surface area contributed by atoms with Crippen LogP contribution in [-0.2, 0) is 11.3 Å². The third-order valence-electron chi connectivity index (χ3n) is 4.13. The molecule has 1 N–H and O–H groups in total. The zero-order valence-electron chi connectivity index (χ0n) is 13.5. The molecule has 0 radical (unpaired) electrons. The molecule has 0 saturated heterocycles. The van der Waals surface area contributed by atoms with Gasteiger partial charge in [-0.05, 0) is 38.8 Å². The molecule has 2 aromatic rings. The zero-order valence-corrected chi connectivity index (χ0v) is 14.3. The van der Waals surface area contributed by atoms with Gasteiger partial charge in [-0.1, -0.05) is 24.6 Å². The fourth-order valence-corrected chi connectivity index (χ4v) is 3.77. The van der Waals surface area contributed by atoms with Gasteiger partial charge in [0.1, 0.15) is 0 Å². The minimum atomic E-state index is -0.199. The number of amides is 1. The maximum absolute atomic E-state index is 12.3. The summed E-state index contributed by atoms with van der Waals surface area (Å²) in [5.74, 6) is 1.46. The van der Waals surface area contributed by atoms with Crippen molar-refractivity contribution in [2.24, 2.45) is 0 Å². The van der Waals surface area contributed by atoms with E-state index >= 15 is 0 Å². The molecule has 0 aromatic carbocycles. The molecule has 1 saturated carbocycles. The van der Waals surface area contributed by atoms with E-state index in [4.69, 9.17) is 4.42 Å². The Bertz CT molecular complexity index is 647. The minimum Gasteiger partial charge on any atom is -0.461 e. The average molecular weight is 334 g/mol. The fourth-order valence-electron chi connectivity index (χ4n) is 2.85. The normalized spacial score (nSPS) is 16.6. The Kier molecular flexibility index (Phi) is 5.05. The van der Waals surface area contributed by atoms with Gasteiger partial charge in [-0.25, -0.2) is 0 Å². The van der Waals surface area contributed by atoms with Crippen molar-refractivity contribution in [2.75, 3.05) is 0 Å². The smallest absolute Gasteiger partial charge is 0.233 e. The summed E-state index contributed by atoms with van der Waals surface area (Å²) in [4.78, 5) is 12.3. The summed E-state index contributed by atoms with van der Waals surface area (Å²) in [6, 6.07) is 4.03. The van der Waals surface area contributed by atoms with E-state index in [0.717, 1.165) is 24.5 Å². The lowest BCUT2D eigenvalue weighted by Gasteiger charge is -2.16. The van der Waals surface area contributed by atoms with Crippen LogP contribution in [0.25, 0.3) is 11.6 Å². The maximum Gasteiger partial charge on any atom is 0.233 e. The van der Waals surface area contributed by atoms with Crippen molar-refractivity contribution in [1.29, 1.82) is 0 Å². The second-order valence-electron chi connectivity index (χ2n) is 5.78. The minimum absolute atomic E-state index is 0.0760. The van der Waals surface area contributed by atoms with Gasteiger partial charge < -0.3 is 9.73 Å². The van der Waals surface area contributed by atoms with E-state index in [1.807, 2.05) is 30.5 Å². The number of nitrogens with zero attached hydrogens (tertiary/aromatic N) is 3. The number of aromatic nitrogens is 3. The molecule has 1 aliphatic carbocycles. The van der Waals surface area contributed by atoms with Gasteiger partial charge in [0.05, 0.1) is 11.5 Å². The standard InChI is InChI=1S/C16H22N4O2S/c1-3-20-14(13-9-6-10-22-13)18-19-16(20)23-11(2)15(21)17-12-7-4-5-8-12/h6,9-12H,3-5,7-8H2,1-2H3,(H,17,21)/t11-/m1/s1. The Hall–Kier alpha value is -1.76. The molecule has 0 aliphatic heterocycles. The van der Waals surface area contributed by atoms with E-state index in [1.54, 1.807) is 6.26 Å². The number of furan rings is 1. The van der Waals surface area contributed by atoms with Gasteiger partial charge in [0.25, 0.3) is 0 Å². The number of hydrogen-bond donors (Lipinski definition) is 1. The first kappa shape index (κ1) is 16.1. The predicted molar refractivity (Wildman–Crippen MR) is 89.1 cm³/mol. The molecule has 2 heterocycles. The predicted octanol–water partition coefficient (Wildman–Crippen LogP) is 3.10. The summed E-state index contributed by atoms with van der Waals surface area (Å²) in [5.41, 5.74) is 0. The highest BCUT2D eigenvalue weighted by molar-refractivity contribution is 8.00. The van der Waals surface area contributed by atoms with Gasteiger partial charge >= 0.3 is 0 Å². The molecule has 1 amide bonds. The van der Waals surface area contributed by atoms with Crippen molar-refractivity contribution < 1.29 is 9.21 Å². The van der Waals surface area contributed by atoms with Gasteiger partial charge in [0.15, 0.2) is 16.7 Å². The zero-order chi connectivity index (χ0) is 16.2. The van der Waals surface area contributed by atoms with E-state index in [0.29, 0.717) is 17.6 Å². The van der Waals surface area contributed by atoms with Crippen molar-refractivity contribution in [3.05, 3.63) is 18.4 Å². The maximum atomic E-state index is 12.3. The molecule has 3 rings (SSSR count). The second kappa shape index (κ2) is 7.21. The van der Waals surface area contributed by atoms with Gasteiger partial charge in [0.2, 0.25) is 5.91 Å². The number of carbonyl (C=O) groups is 1. The van der Waals surface area contributed by atoms with Gasteiger partial charge in [0, 0.05) is 12.6 Å². The third-order valence-corrected chi connectivity index (χ3v) is 5.21. The van der Waals surface area contributed by atoms with Crippen molar-refractivity contribution in [3.8, 4) is 11.6 Å². The summed E-state index contributed by atoms with van der Waals surface area (Å²) in [7, 11) is 0. The second-order valence-corrected chi connectivity index (χ2v) is 7.09. The van der Waals surface area contributed by atoms with Crippen LogP contribution in [-0.4, -0.2) is 32.0 Å². The van der Waals surface area contributed by atoms with Crippen LogP contribution >= 0.6 is 11.8 Å². The molecule has 1 aliphatic rings. The van der Waals surface area contributed by atoms with Crippen LogP contribution in [0.5, 0.6) is 0 Å². The van der Waals surface area contributed by atoms with E-state index in [-0.39, 0.29) is 11.2 Å². The van der Waals surface area contributed by atoms with Gasteiger partial charge in [-0.3, -0.25) is 9.36 Å². The van der Waals surface area contributed by atoms with Crippen molar-refractivity contribution in [1.82, 2.24) is 20.1 Å². The van der Waals surface area contributed by atoms with Crippen LogP contribution in [0.15, 0.2) is 28.0 Å². The molecule has 6 nitrogen and oxygen atoms in total. The molecule has 124 valence electrons. The number of thioether (sulfide) groups is 1. The summed E-state index contributed by atoms with van der Waals surface area (Å²) < 4.78 is 7.38. The SMILES string of the molecule is CCn1c(S[C@H](C)C(=O)NC2CCCC2)nnc1-c1ccco1. The molecular weight excluding hydrogens is 312 g/mol. The highest BCUT2D eigenvalue weighted by atomic mass is 32.2. The van der Waals surface area contributed by atoms with Crippen LogP contribution in [0.4, 0.5) is 0 Å². The number of carbonyl (C=O) groups excluding carboxylic acids is 1. The fraction of sp³-hybridized carbons (Fsp3) is 0.562. The van der Waals surface area contributed by atoms with Crippen molar-refractivity contribution >= 4 is 17.7 Å².